The third-order valence-corrected chi connectivity index (χ3v) is 4.82. The lowest BCUT2D eigenvalue weighted by Crippen LogP contribution is -2.14. The highest BCUT2D eigenvalue weighted by Gasteiger charge is 2.18. The molecular formula is C23H20N4O2. The number of carbonyl (C=O) groups excluding carboxylic acids is 1. The van der Waals surface area contributed by atoms with Gasteiger partial charge in [0.05, 0.1) is 17.1 Å². The fourth-order valence-corrected chi connectivity index (χ4v) is 3.40. The Kier molecular flexibility index (Phi) is 5.18. The van der Waals surface area contributed by atoms with Crippen molar-refractivity contribution in [3.05, 3.63) is 90.3 Å². The molecule has 4 aromatic rings. The first-order chi connectivity index (χ1) is 14.2. The minimum absolute atomic E-state index is 0.0676. The van der Waals surface area contributed by atoms with Crippen molar-refractivity contribution in [1.82, 2.24) is 20.0 Å². The Hall–Kier alpha value is -3.77. The van der Waals surface area contributed by atoms with Crippen molar-refractivity contribution in [3.63, 3.8) is 0 Å². The fourth-order valence-electron chi connectivity index (χ4n) is 3.40. The number of carbonyl (C=O) groups is 1. The number of para-hydroxylation sites is 2. The van der Waals surface area contributed by atoms with Crippen LogP contribution in [0.2, 0.25) is 0 Å². The number of nitrogens with zero attached hydrogens (tertiary/aromatic N) is 3. The number of hydrogen-bond acceptors (Lipinski definition) is 4. The molecule has 0 saturated carbocycles. The number of amides is 1. The second kappa shape index (κ2) is 8.08. The zero-order valence-corrected chi connectivity index (χ0v) is 15.9. The van der Waals surface area contributed by atoms with Crippen LogP contribution in [0.1, 0.15) is 24.1 Å². The molecule has 29 heavy (non-hydrogen) atoms. The standard InChI is InChI=1S/C23H20N4O2/c1-16(18-7-3-2-4-8-18)27-21-10-6-5-9-20(21)25-23(27)19-13-17(14-24-15-19)11-12-22(28)26-29/h2-16,29H,1H3,(H,26,28). The number of benzene rings is 2. The van der Waals surface area contributed by atoms with E-state index in [1.165, 1.54) is 11.6 Å². The van der Waals surface area contributed by atoms with Gasteiger partial charge in [0.2, 0.25) is 0 Å². The van der Waals surface area contributed by atoms with Crippen molar-refractivity contribution in [2.24, 2.45) is 0 Å². The Balaban J connectivity index is 1.84. The minimum atomic E-state index is -0.597. The molecule has 1 atom stereocenters. The summed E-state index contributed by atoms with van der Waals surface area (Å²) in [7, 11) is 0. The molecule has 4 rings (SSSR count). The van der Waals surface area contributed by atoms with Crippen molar-refractivity contribution >= 4 is 23.0 Å². The molecule has 0 aliphatic carbocycles. The maximum absolute atomic E-state index is 11.3. The summed E-state index contributed by atoms with van der Waals surface area (Å²) in [5, 5.41) is 8.65. The van der Waals surface area contributed by atoms with E-state index in [0.717, 1.165) is 28.0 Å². The van der Waals surface area contributed by atoms with E-state index in [0.29, 0.717) is 0 Å². The van der Waals surface area contributed by atoms with Gasteiger partial charge in [-0.2, -0.15) is 0 Å². The average Bonchev–Trinajstić information content (AvgIpc) is 3.17. The summed E-state index contributed by atoms with van der Waals surface area (Å²) >= 11 is 0. The summed E-state index contributed by atoms with van der Waals surface area (Å²) in [6, 6.07) is 20.3. The van der Waals surface area contributed by atoms with Gasteiger partial charge in [-0.1, -0.05) is 42.5 Å². The van der Waals surface area contributed by atoms with Crippen LogP contribution in [0, 0.1) is 0 Å². The summed E-state index contributed by atoms with van der Waals surface area (Å²) in [4.78, 5) is 20.4. The molecule has 6 heteroatoms. The van der Waals surface area contributed by atoms with Crippen LogP contribution in [0.15, 0.2) is 79.1 Å². The predicted octanol–water partition coefficient (Wildman–Crippen LogP) is 4.23. The molecule has 0 aliphatic heterocycles. The summed E-state index contributed by atoms with van der Waals surface area (Å²) in [6.45, 7) is 2.15. The first-order valence-electron chi connectivity index (χ1n) is 9.27. The maximum atomic E-state index is 11.3. The number of hydrogen-bond donors (Lipinski definition) is 2. The van der Waals surface area contributed by atoms with Crippen LogP contribution >= 0.6 is 0 Å². The van der Waals surface area contributed by atoms with Crippen molar-refractivity contribution in [3.8, 4) is 11.4 Å². The summed E-state index contributed by atoms with van der Waals surface area (Å²) in [5.41, 5.74) is 6.29. The van der Waals surface area contributed by atoms with E-state index in [4.69, 9.17) is 10.2 Å². The number of hydroxylamine groups is 1. The SMILES string of the molecule is CC(c1ccccc1)n1c(-c2cncc(C=CC(=O)NO)c2)nc2ccccc21. The number of aromatic nitrogens is 3. The van der Waals surface area contributed by atoms with Crippen LogP contribution in [0.25, 0.3) is 28.5 Å². The summed E-state index contributed by atoms with van der Waals surface area (Å²) in [5.74, 6) is 0.206. The average molecular weight is 384 g/mol. The molecule has 0 bridgehead atoms. The van der Waals surface area contributed by atoms with Crippen LogP contribution in [-0.2, 0) is 4.79 Å². The van der Waals surface area contributed by atoms with Crippen LogP contribution in [-0.4, -0.2) is 25.6 Å². The Morgan fingerprint density at radius 2 is 1.86 bits per heavy atom. The Morgan fingerprint density at radius 3 is 2.66 bits per heavy atom. The summed E-state index contributed by atoms with van der Waals surface area (Å²) < 4.78 is 2.20. The van der Waals surface area contributed by atoms with Gasteiger partial charge in [0.15, 0.2) is 0 Å². The van der Waals surface area contributed by atoms with Gasteiger partial charge in [0.25, 0.3) is 5.91 Å². The van der Waals surface area contributed by atoms with Gasteiger partial charge in [-0.15, -0.1) is 0 Å². The number of rotatable bonds is 5. The number of imidazole rings is 1. The van der Waals surface area contributed by atoms with Gasteiger partial charge >= 0.3 is 0 Å². The molecule has 0 aliphatic rings. The molecule has 6 nitrogen and oxygen atoms in total. The van der Waals surface area contributed by atoms with Gasteiger partial charge in [0, 0.05) is 24.0 Å². The fraction of sp³-hybridized carbons (Fsp3) is 0.0870. The highest BCUT2D eigenvalue weighted by molar-refractivity contribution is 5.91. The van der Waals surface area contributed by atoms with E-state index in [-0.39, 0.29) is 6.04 Å². The minimum Gasteiger partial charge on any atom is -0.317 e. The molecule has 0 radical (unpaired) electrons. The monoisotopic (exact) mass is 384 g/mol. The van der Waals surface area contributed by atoms with Gasteiger partial charge < -0.3 is 4.57 Å². The summed E-state index contributed by atoms with van der Waals surface area (Å²) in [6.07, 6.45) is 6.25. The largest absolute Gasteiger partial charge is 0.317 e. The Morgan fingerprint density at radius 1 is 1.10 bits per heavy atom. The highest BCUT2D eigenvalue weighted by Crippen LogP contribution is 2.31. The molecule has 2 N–H and O–H groups in total. The van der Waals surface area contributed by atoms with Crippen molar-refractivity contribution in [1.29, 1.82) is 0 Å². The first-order valence-corrected chi connectivity index (χ1v) is 9.27. The highest BCUT2D eigenvalue weighted by atomic mass is 16.5. The molecule has 0 spiro atoms. The third-order valence-electron chi connectivity index (χ3n) is 4.82. The van der Waals surface area contributed by atoms with E-state index in [1.54, 1.807) is 23.9 Å². The lowest BCUT2D eigenvalue weighted by atomic mass is 10.1. The second-order valence-electron chi connectivity index (χ2n) is 6.70. The van der Waals surface area contributed by atoms with Crippen molar-refractivity contribution in [2.45, 2.75) is 13.0 Å². The van der Waals surface area contributed by atoms with Crippen LogP contribution < -0.4 is 5.48 Å². The lowest BCUT2D eigenvalue weighted by molar-refractivity contribution is -0.124. The molecule has 1 unspecified atom stereocenters. The van der Waals surface area contributed by atoms with Crippen LogP contribution in [0.4, 0.5) is 0 Å². The zero-order valence-electron chi connectivity index (χ0n) is 15.9. The van der Waals surface area contributed by atoms with E-state index in [1.807, 2.05) is 42.5 Å². The Labute approximate surface area is 168 Å². The molecule has 1 amide bonds. The van der Waals surface area contributed by atoms with Crippen LogP contribution in [0.3, 0.4) is 0 Å². The van der Waals surface area contributed by atoms with Gasteiger partial charge in [-0.05, 0) is 42.3 Å². The first kappa shape index (κ1) is 18.6. The van der Waals surface area contributed by atoms with E-state index < -0.39 is 5.91 Å². The van der Waals surface area contributed by atoms with Gasteiger partial charge in [-0.25, -0.2) is 10.5 Å². The van der Waals surface area contributed by atoms with Crippen LogP contribution in [0.5, 0.6) is 0 Å². The number of pyridine rings is 1. The second-order valence-corrected chi connectivity index (χ2v) is 6.70. The maximum Gasteiger partial charge on any atom is 0.267 e. The molecular weight excluding hydrogens is 364 g/mol. The molecule has 144 valence electrons. The lowest BCUT2D eigenvalue weighted by Gasteiger charge is -2.18. The quantitative estimate of drug-likeness (QED) is 0.307. The van der Waals surface area contributed by atoms with E-state index >= 15 is 0 Å². The molecule has 0 saturated heterocycles. The van der Waals surface area contributed by atoms with Crippen molar-refractivity contribution < 1.29 is 10.0 Å². The smallest absolute Gasteiger partial charge is 0.267 e. The predicted molar refractivity (Wildman–Crippen MR) is 112 cm³/mol. The molecule has 2 aromatic carbocycles. The molecule has 2 aromatic heterocycles. The normalized spacial score (nSPS) is 12.3. The molecule has 0 fully saturated rings. The van der Waals surface area contributed by atoms with E-state index in [2.05, 4.69) is 34.7 Å². The topological polar surface area (TPSA) is 80.0 Å². The Bertz CT molecular complexity index is 1180. The van der Waals surface area contributed by atoms with Crippen molar-refractivity contribution in [2.75, 3.05) is 0 Å². The van der Waals surface area contributed by atoms with Gasteiger partial charge in [-0.3, -0.25) is 15.0 Å². The number of nitrogens with one attached hydrogen (secondary N) is 1. The third kappa shape index (κ3) is 3.79. The molecule has 2 heterocycles. The number of fused-ring (bicyclic) bond motifs is 1. The van der Waals surface area contributed by atoms with E-state index in [9.17, 15) is 4.79 Å². The zero-order chi connectivity index (χ0) is 20.2. The van der Waals surface area contributed by atoms with Gasteiger partial charge in [0.1, 0.15) is 5.82 Å².